The first-order valence-corrected chi connectivity index (χ1v) is 10.6. The van der Waals surface area contributed by atoms with Gasteiger partial charge in [-0.1, -0.05) is 30.3 Å². The van der Waals surface area contributed by atoms with Crippen LogP contribution in [-0.2, 0) is 13.0 Å². The summed E-state index contributed by atoms with van der Waals surface area (Å²) >= 11 is 1.73. The number of aromatic nitrogens is 4. The topological polar surface area (TPSA) is 63.9 Å². The SMILES string of the molecule is Cc1ccc(CN(CCc2ccccc2)C(=O)c2ccc(-n3cnnn3)c(C)c2)s1. The molecular weight excluding hydrogens is 394 g/mol. The molecule has 0 unspecified atom stereocenters. The zero-order valence-corrected chi connectivity index (χ0v) is 17.8. The van der Waals surface area contributed by atoms with Crippen LogP contribution in [0.25, 0.3) is 5.69 Å². The number of nitrogens with zero attached hydrogens (tertiary/aromatic N) is 5. The molecule has 2 aromatic carbocycles. The number of carbonyl (C=O) groups is 1. The summed E-state index contributed by atoms with van der Waals surface area (Å²) in [5, 5.41) is 11.3. The second-order valence-electron chi connectivity index (χ2n) is 7.23. The van der Waals surface area contributed by atoms with Crippen LogP contribution >= 0.6 is 11.3 Å². The van der Waals surface area contributed by atoms with Crippen LogP contribution in [-0.4, -0.2) is 37.6 Å². The Labute approximate surface area is 179 Å². The molecule has 0 aliphatic heterocycles. The maximum atomic E-state index is 13.4. The van der Waals surface area contributed by atoms with Gasteiger partial charge in [0, 0.05) is 21.9 Å². The summed E-state index contributed by atoms with van der Waals surface area (Å²) in [6, 6.07) is 20.1. The van der Waals surface area contributed by atoms with Crippen molar-refractivity contribution in [1.82, 2.24) is 25.1 Å². The number of carbonyl (C=O) groups excluding carboxylic acids is 1. The van der Waals surface area contributed by atoms with E-state index in [1.807, 2.05) is 48.2 Å². The molecule has 0 spiro atoms. The predicted octanol–water partition coefficient (Wildman–Crippen LogP) is 4.23. The van der Waals surface area contributed by atoms with E-state index in [-0.39, 0.29) is 5.91 Å². The highest BCUT2D eigenvalue weighted by Gasteiger charge is 2.18. The van der Waals surface area contributed by atoms with E-state index in [9.17, 15) is 4.79 Å². The molecule has 0 fully saturated rings. The lowest BCUT2D eigenvalue weighted by Gasteiger charge is -2.23. The number of rotatable bonds is 7. The van der Waals surface area contributed by atoms with E-state index < -0.39 is 0 Å². The minimum atomic E-state index is 0.0309. The number of thiophene rings is 1. The Morgan fingerprint density at radius 2 is 1.90 bits per heavy atom. The summed E-state index contributed by atoms with van der Waals surface area (Å²) in [6.45, 7) is 5.32. The lowest BCUT2D eigenvalue weighted by molar-refractivity contribution is 0.0746. The third kappa shape index (κ3) is 4.63. The number of aryl methyl sites for hydroxylation is 2. The first kappa shape index (κ1) is 20.0. The standard InChI is InChI=1S/C23H23N5OS/c1-17-14-20(9-11-22(17)28-16-24-25-26-28)23(29)27(15-21-10-8-18(2)30-21)13-12-19-6-4-3-5-7-19/h3-11,14,16H,12-13,15H2,1-2H3. The number of hydrogen-bond donors (Lipinski definition) is 0. The minimum absolute atomic E-state index is 0.0309. The van der Waals surface area contributed by atoms with E-state index >= 15 is 0 Å². The van der Waals surface area contributed by atoms with Crippen molar-refractivity contribution in [3.63, 3.8) is 0 Å². The summed E-state index contributed by atoms with van der Waals surface area (Å²) in [5.74, 6) is 0.0309. The molecule has 152 valence electrons. The molecule has 0 N–H and O–H groups in total. The Morgan fingerprint density at radius 1 is 1.07 bits per heavy atom. The Balaban J connectivity index is 1.57. The van der Waals surface area contributed by atoms with Crippen LogP contribution < -0.4 is 0 Å². The molecule has 0 aliphatic carbocycles. The monoisotopic (exact) mass is 417 g/mol. The highest BCUT2D eigenvalue weighted by Crippen LogP contribution is 2.21. The molecule has 2 heterocycles. The smallest absolute Gasteiger partial charge is 0.254 e. The Bertz CT molecular complexity index is 1120. The molecule has 6 nitrogen and oxygen atoms in total. The van der Waals surface area contributed by atoms with Gasteiger partial charge in [0.25, 0.3) is 5.91 Å². The lowest BCUT2D eigenvalue weighted by Crippen LogP contribution is -2.32. The number of amides is 1. The summed E-state index contributed by atoms with van der Waals surface area (Å²) in [7, 11) is 0. The molecule has 4 rings (SSSR count). The van der Waals surface area contributed by atoms with E-state index in [2.05, 4.69) is 46.7 Å². The van der Waals surface area contributed by atoms with Crippen LogP contribution in [0.3, 0.4) is 0 Å². The fourth-order valence-corrected chi connectivity index (χ4v) is 4.33. The molecule has 4 aromatic rings. The van der Waals surface area contributed by atoms with E-state index in [0.29, 0.717) is 18.7 Å². The number of tetrazole rings is 1. The molecule has 0 saturated heterocycles. The van der Waals surface area contributed by atoms with Crippen molar-refractivity contribution in [3.8, 4) is 5.69 Å². The van der Waals surface area contributed by atoms with Crippen molar-refractivity contribution in [3.05, 3.63) is 93.4 Å². The summed E-state index contributed by atoms with van der Waals surface area (Å²) < 4.78 is 1.60. The van der Waals surface area contributed by atoms with Crippen LogP contribution in [0.4, 0.5) is 0 Å². The molecule has 1 amide bonds. The zero-order valence-electron chi connectivity index (χ0n) is 17.0. The number of hydrogen-bond acceptors (Lipinski definition) is 5. The van der Waals surface area contributed by atoms with Gasteiger partial charge < -0.3 is 4.90 Å². The van der Waals surface area contributed by atoms with Gasteiger partial charge in [0.2, 0.25) is 0 Å². The quantitative estimate of drug-likeness (QED) is 0.451. The second kappa shape index (κ2) is 9.00. The van der Waals surface area contributed by atoms with Crippen LogP contribution in [0.1, 0.15) is 31.2 Å². The molecule has 0 aliphatic rings. The first-order chi connectivity index (χ1) is 14.6. The largest absolute Gasteiger partial charge is 0.333 e. The van der Waals surface area contributed by atoms with Gasteiger partial charge in [-0.05, 0) is 72.2 Å². The normalized spacial score (nSPS) is 10.9. The van der Waals surface area contributed by atoms with Crippen LogP contribution in [0.2, 0.25) is 0 Å². The molecule has 7 heteroatoms. The van der Waals surface area contributed by atoms with Crippen molar-refractivity contribution in [1.29, 1.82) is 0 Å². The second-order valence-corrected chi connectivity index (χ2v) is 8.60. The fourth-order valence-electron chi connectivity index (χ4n) is 3.42. The van der Waals surface area contributed by atoms with Crippen molar-refractivity contribution in [2.45, 2.75) is 26.8 Å². The molecule has 0 saturated carbocycles. The summed E-state index contributed by atoms with van der Waals surface area (Å²) in [6.07, 6.45) is 2.37. The Hall–Kier alpha value is -3.32. The van der Waals surface area contributed by atoms with Gasteiger partial charge in [0.1, 0.15) is 6.33 Å². The highest BCUT2D eigenvalue weighted by atomic mass is 32.1. The van der Waals surface area contributed by atoms with Gasteiger partial charge in [-0.2, -0.15) is 0 Å². The highest BCUT2D eigenvalue weighted by molar-refractivity contribution is 7.11. The van der Waals surface area contributed by atoms with Crippen LogP contribution in [0, 0.1) is 13.8 Å². The average Bonchev–Trinajstić information content (AvgIpc) is 3.43. The molecule has 0 radical (unpaired) electrons. The Kier molecular flexibility index (Phi) is 5.99. The molecule has 2 aromatic heterocycles. The third-order valence-electron chi connectivity index (χ3n) is 4.98. The van der Waals surface area contributed by atoms with E-state index in [0.717, 1.165) is 17.7 Å². The van der Waals surface area contributed by atoms with E-state index in [1.54, 1.807) is 22.3 Å². The van der Waals surface area contributed by atoms with E-state index in [1.165, 1.54) is 15.3 Å². The maximum Gasteiger partial charge on any atom is 0.254 e. The fraction of sp³-hybridized carbons (Fsp3) is 0.217. The van der Waals surface area contributed by atoms with Crippen molar-refractivity contribution < 1.29 is 4.79 Å². The lowest BCUT2D eigenvalue weighted by atomic mass is 10.1. The summed E-state index contributed by atoms with van der Waals surface area (Å²) in [5.41, 5.74) is 3.71. The van der Waals surface area contributed by atoms with Gasteiger partial charge in [-0.15, -0.1) is 16.4 Å². The van der Waals surface area contributed by atoms with Crippen molar-refractivity contribution in [2.24, 2.45) is 0 Å². The molecule has 0 atom stereocenters. The van der Waals surface area contributed by atoms with Crippen molar-refractivity contribution >= 4 is 17.2 Å². The minimum Gasteiger partial charge on any atom is -0.333 e. The number of benzene rings is 2. The Morgan fingerprint density at radius 3 is 2.57 bits per heavy atom. The van der Waals surface area contributed by atoms with Gasteiger partial charge in [-0.3, -0.25) is 4.79 Å². The molecule has 0 bridgehead atoms. The zero-order chi connectivity index (χ0) is 20.9. The first-order valence-electron chi connectivity index (χ1n) is 9.82. The van der Waals surface area contributed by atoms with Crippen LogP contribution in [0.15, 0.2) is 67.0 Å². The van der Waals surface area contributed by atoms with Gasteiger partial charge >= 0.3 is 0 Å². The predicted molar refractivity (Wildman–Crippen MR) is 118 cm³/mol. The maximum absolute atomic E-state index is 13.4. The summed E-state index contributed by atoms with van der Waals surface area (Å²) in [4.78, 5) is 17.8. The third-order valence-corrected chi connectivity index (χ3v) is 5.97. The molecule has 30 heavy (non-hydrogen) atoms. The van der Waals surface area contributed by atoms with Gasteiger partial charge in [-0.25, -0.2) is 4.68 Å². The molecular formula is C23H23N5OS. The van der Waals surface area contributed by atoms with Crippen molar-refractivity contribution in [2.75, 3.05) is 6.54 Å². The van der Waals surface area contributed by atoms with Gasteiger partial charge in [0.05, 0.1) is 12.2 Å². The van der Waals surface area contributed by atoms with Crippen LogP contribution in [0.5, 0.6) is 0 Å². The van der Waals surface area contributed by atoms with Gasteiger partial charge in [0.15, 0.2) is 0 Å². The van der Waals surface area contributed by atoms with E-state index in [4.69, 9.17) is 0 Å². The average molecular weight is 418 g/mol.